The average Bonchev–Trinajstić information content (AvgIpc) is 2.47. The third kappa shape index (κ3) is 3.69. The zero-order chi connectivity index (χ0) is 15.5. The molecule has 0 aromatic heterocycles. The van der Waals surface area contributed by atoms with Gasteiger partial charge in [-0.15, -0.1) is 0 Å². The zero-order valence-corrected chi connectivity index (χ0v) is 13.7. The van der Waals surface area contributed by atoms with E-state index in [1.807, 2.05) is 12.1 Å². The number of piperidine rings is 1. The smallest absolute Gasteiger partial charge is 0.123 e. The molecular weight excluding hydrogens is 264 g/mol. The van der Waals surface area contributed by atoms with Crippen LogP contribution in [0.4, 0.5) is 0 Å². The van der Waals surface area contributed by atoms with Crippen LogP contribution in [0.25, 0.3) is 0 Å². The topological polar surface area (TPSA) is 47.7 Å². The van der Waals surface area contributed by atoms with Crippen molar-refractivity contribution in [2.45, 2.75) is 32.7 Å². The Balaban J connectivity index is 2.32. The Morgan fingerprint density at radius 3 is 2.62 bits per heavy atom. The van der Waals surface area contributed by atoms with Crippen LogP contribution >= 0.6 is 0 Å². The first-order chi connectivity index (χ1) is 10.0. The van der Waals surface area contributed by atoms with Crippen LogP contribution in [0.5, 0.6) is 11.5 Å². The molecule has 1 aromatic carbocycles. The van der Waals surface area contributed by atoms with E-state index in [0.717, 1.165) is 30.2 Å². The van der Waals surface area contributed by atoms with Gasteiger partial charge in [0, 0.05) is 18.7 Å². The highest BCUT2D eigenvalue weighted by atomic mass is 16.5. The van der Waals surface area contributed by atoms with E-state index in [2.05, 4.69) is 24.8 Å². The molecule has 1 aliphatic heterocycles. The number of nitrogens with zero attached hydrogens (tertiary/aromatic N) is 1. The Labute approximate surface area is 128 Å². The van der Waals surface area contributed by atoms with Crippen molar-refractivity contribution >= 4 is 0 Å². The first-order valence-corrected chi connectivity index (χ1v) is 7.67. The number of methoxy groups -OCH3 is 2. The van der Waals surface area contributed by atoms with Gasteiger partial charge in [-0.1, -0.05) is 13.8 Å². The fraction of sp³-hybridized carbons (Fsp3) is 0.647. The van der Waals surface area contributed by atoms with Crippen LogP contribution in [-0.4, -0.2) is 38.8 Å². The van der Waals surface area contributed by atoms with E-state index in [1.54, 1.807) is 14.2 Å². The van der Waals surface area contributed by atoms with E-state index in [1.165, 1.54) is 12.8 Å². The van der Waals surface area contributed by atoms with Gasteiger partial charge in [0.15, 0.2) is 0 Å². The van der Waals surface area contributed by atoms with Crippen LogP contribution in [0, 0.1) is 5.41 Å². The molecule has 1 unspecified atom stereocenters. The minimum atomic E-state index is 0.176. The minimum absolute atomic E-state index is 0.176. The highest BCUT2D eigenvalue weighted by Crippen LogP contribution is 2.37. The molecule has 2 rings (SSSR count). The van der Waals surface area contributed by atoms with Crippen LogP contribution in [0.3, 0.4) is 0 Å². The van der Waals surface area contributed by atoms with Gasteiger partial charge in [0.1, 0.15) is 11.5 Å². The van der Waals surface area contributed by atoms with Crippen LogP contribution in [0.2, 0.25) is 0 Å². The molecule has 0 bridgehead atoms. The van der Waals surface area contributed by atoms with Gasteiger partial charge in [-0.2, -0.15) is 0 Å². The van der Waals surface area contributed by atoms with Gasteiger partial charge < -0.3 is 15.2 Å². The lowest BCUT2D eigenvalue weighted by molar-refractivity contribution is 0.0795. The fourth-order valence-electron chi connectivity index (χ4n) is 3.31. The molecule has 1 aliphatic rings. The molecule has 2 N–H and O–H groups in total. The van der Waals surface area contributed by atoms with Crippen molar-refractivity contribution in [3.8, 4) is 11.5 Å². The van der Waals surface area contributed by atoms with Crippen molar-refractivity contribution in [1.82, 2.24) is 4.90 Å². The summed E-state index contributed by atoms with van der Waals surface area (Å²) in [7, 11) is 3.39. The first kappa shape index (κ1) is 16.1. The van der Waals surface area contributed by atoms with E-state index in [-0.39, 0.29) is 6.04 Å². The maximum atomic E-state index is 6.10. The number of nitrogens with two attached hydrogens (primary N) is 1. The summed E-state index contributed by atoms with van der Waals surface area (Å²) in [5, 5.41) is 0. The number of hydrogen-bond donors (Lipinski definition) is 1. The third-order valence-corrected chi connectivity index (χ3v) is 4.39. The molecule has 4 nitrogen and oxygen atoms in total. The molecule has 0 spiro atoms. The second kappa shape index (κ2) is 6.67. The molecule has 21 heavy (non-hydrogen) atoms. The largest absolute Gasteiger partial charge is 0.497 e. The molecule has 1 atom stereocenters. The second-order valence-corrected chi connectivity index (χ2v) is 6.60. The van der Waals surface area contributed by atoms with Crippen molar-refractivity contribution in [3.63, 3.8) is 0 Å². The molecule has 1 saturated heterocycles. The molecule has 4 heteroatoms. The Morgan fingerprint density at radius 2 is 2.05 bits per heavy atom. The number of benzene rings is 1. The first-order valence-electron chi connectivity index (χ1n) is 7.67. The van der Waals surface area contributed by atoms with E-state index in [0.29, 0.717) is 12.0 Å². The zero-order valence-electron chi connectivity index (χ0n) is 13.7. The summed E-state index contributed by atoms with van der Waals surface area (Å²) in [6.07, 6.45) is 2.49. The molecule has 1 heterocycles. The van der Waals surface area contributed by atoms with Crippen molar-refractivity contribution < 1.29 is 9.47 Å². The van der Waals surface area contributed by atoms with Crippen molar-refractivity contribution in [1.29, 1.82) is 0 Å². The maximum absolute atomic E-state index is 6.10. The lowest BCUT2D eigenvalue weighted by Crippen LogP contribution is -2.44. The van der Waals surface area contributed by atoms with Gasteiger partial charge in [0.2, 0.25) is 0 Å². The quantitative estimate of drug-likeness (QED) is 0.906. The standard InChI is InChI=1S/C17H28N2O2/c1-17(2)8-5-9-19(12-17)15(11-18)14-10-13(20-3)6-7-16(14)21-4/h6-7,10,15H,5,8-9,11-12,18H2,1-4H3. The lowest BCUT2D eigenvalue weighted by Gasteiger charge is -2.42. The summed E-state index contributed by atoms with van der Waals surface area (Å²) >= 11 is 0. The molecule has 0 radical (unpaired) electrons. The van der Waals surface area contributed by atoms with Gasteiger partial charge in [-0.25, -0.2) is 0 Å². The molecule has 0 saturated carbocycles. The molecular formula is C17H28N2O2. The third-order valence-electron chi connectivity index (χ3n) is 4.39. The SMILES string of the molecule is COc1ccc(OC)c(C(CN)N2CCCC(C)(C)C2)c1. The summed E-state index contributed by atoms with van der Waals surface area (Å²) in [6.45, 7) is 7.39. The molecule has 1 fully saturated rings. The Morgan fingerprint density at radius 1 is 1.29 bits per heavy atom. The van der Waals surface area contributed by atoms with Crippen LogP contribution in [-0.2, 0) is 0 Å². The van der Waals surface area contributed by atoms with Gasteiger partial charge in [0.05, 0.1) is 20.3 Å². The van der Waals surface area contributed by atoms with E-state index in [9.17, 15) is 0 Å². The van der Waals surface area contributed by atoms with Crippen LogP contribution in [0.15, 0.2) is 18.2 Å². The maximum Gasteiger partial charge on any atom is 0.123 e. The van der Waals surface area contributed by atoms with Crippen molar-refractivity contribution in [3.05, 3.63) is 23.8 Å². The minimum Gasteiger partial charge on any atom is -0.497 e. The van der Waals surface area contributed by atoms with E-state index < -0.39 is 0 Å². The molecule has 0 aliphatic carbocycles. The molecule has 118 valence electrons. The predicted molar refractivity (Wildman–Crippen MR) is 85.9 cm³/mol. The van der Waals surface area contributed by atoms with Gasteiger partial charge >= 0.3 is 0 Å². The highest BCUT2D eigenvalue weighted by Gasteiger charge is 2.31. The fourth-order valence-corrected chi connectivity index (χ4v) is 3.31. The van der Waals surface area contributed by atoms with Crippen molar-refractivity contribution in [2.75, 3.05) is 33.9 Å². The highest BCUT2D eigenvalue weighted by molar-refractivity contribution is 5.42. The number of likely N-dealkylation sites (tertiary alicyclic amines) is 1. The average molecular weight is 292 g/mol. The predicted octanol–water partition coefficient (Wildman–Crippen LogP) is 2.83. The Kier molecular flexibility index (Phi) is 5.12. The normalized spacial score (nSPS) is 20.0. The van der Waals surface area contributed by atoms with E-state index in [4.69, 9.17) is 15.2 Å². The van der Waals surface area contributed by atoms with Crippen molar-refractivity contribution in [2.24, 2.45) is 11.1 Å². The molecule has 1 aromatic rings. The van der Waals surface area contributed by atoms with Crippen LogP contribution in [0.1, 0.15) is 38.3 Å². The second-order valence-electron chi connectivity index (χ2n) is 6.60. The van der Waals surface area contributed by atoms with E-state index >= 15 is 0 Å². The number of hydrogen-bond acceptors (Lipinski definition) is 4. The van der Waals surface area contributed by atoms with Gasteiger partial charge in [-0.3, -0.25) is 4.90 Å². The monoisotopic (exact) mass is 292 g/mol. The summed E-state index contributed by atoms with van der Waals surface area (Å²) in [5.74, 6) is 1.73. The number of rotatable bonds is 5. The summed E-state index contributed by atoms with van der Waals surface area (Å²) in [4.78, 5) is 2.49. The van der Waals surface area contributed by atoms with Gasteiger partial charge in [0.25, 0.3) is 0 Å². The summed E-state index contributed by atoms with van der Waals surface area (Å²) in [5.41, 5.74) is 7.57. The summed E-state index contributed by atoms with van der Waals surface area (Å²) < 4.78 is 10.9. The lowest BCUT2D eigenvalue weighted by atomic mass is 9.83. The van der Waals surface area contributed by atoms with Crippen LogP contribution < -0.4 is 15.2 Å². The number of ether oxygens (including phenoxy) is 2. The Bertz CT molecular complexity index is 474. The Hall–Kier alpha value is -1.26. The summed E-state index contributed by atoms with van der Waals surface area (Å²) in [6, 6.07) is 6.12. The molecule has 0 amide bonds. The van der Waals surface area contributed by atoms with Gasteiger partial charge in [-0.05, 0) is 43.0 Å².